The largest absolute Gasteiger partial charge is 0.481 e. The molecule has 8 heteroatoms. The van der Waals surface area contributed by atoms with Gasteiger partial charge in [0.15, 0.2) is 0 Å². The lowest BCUT2D eigenvalue weighted by atomic mass is 9.82. The van der Waals surface area contributed by atoms with Crippen molar-refractivity contribution in [2.45, 2.75) is 19.9 Å². The number of aryl methyl sites for hydroxylation is 1. The molecule has 4 atom stereocenters. The highest BCUT2D eigenvalue weighted by molar-refractivity contribution is 6.03. The number of nitrogens with two attached hydrogens (primary N) is 1. The number of fused-ring (bicyclic) bond motifs is 2. The molecule has 1 saturated carbocycles. The topological polar surface area (TPSA) is 127 Å². The van der Waals surface area contributed by atoms with E-state index in [9.17, 15) is 19.5 Å². The molecule has 2 aliphatic rings. The van der Waals surface area contributed by atoms with E-state index in [2.05, 4.69) is 10.4 Å². The summed E-state index contributed by atoms with van der Waals surface area (Å²) < 4.78 is 1.40. The highest BCUT2D eigenvalue weighted by Crippen LogP contribution is 2.48. The number of primary amides is 1. The van der Waals surface area contributed by atoms with Crippen molar-refractivity contribution in [2.24, 2.45) is 29.4 Å². The highest BCUT2D eigenvalue weighted by atomic mass is 16.4. The number of carboxylic acid groups (broad SMARTS) is 1. The van der Waals surface area contributed by atoms with Gasteiger partial charge in [-0.1, -0.05) is 12.2 Å². The van der Waals surface area contributed by atoms with Gasteiger partial charge in [-0.2, -0.15) is 5.10 Å². The molecule has 0 spiro atoms. The molecule has 1 aromatic rings. The van der Waals surface area contributed by atoms with Gasteiger partial charge in [-0.25, -0.2) is 0 Å². The first-order valence-corrected chi connectivity index (χ1v) is 7.51. The SMILES string of the molecule is CCn1ncc(NC(=O)C2C3C=CC(C3)C2C(=O)O)c1C(N)=O. The fourth-order valence-electron chi connectivity index (χ4n) is 3.71. The van der Waals surface area contributed by atoms with E-state index >= 15 is 0 Å². The maximum atomic E-state index is 12.6. The van der Waals surface area contributed by atoms with E-state index in [1.165, 1.54) is 10.9 Å². The molecular formula is C15H18N4O4. The molecule has 1 heterocycles. The van der Waals surface area contributed by atoms with Crippen LogP contribution in [0.25, 0.3) is 0 Å². The fraction of sp³-hybridized carbons (Fsp3) is 0.467. The Balaban J connectivity index is 1.85. The zero-order valence-electron chi connectivity index (χ0n) is 12.6. The number of carbonyl (C=O) groups is 3. The number of carboxylic acids is 1. The molecule has 0 saturated heterocycles. The van der Waals surface area contributed by atoms with Crippen LogP contribution in [0.5, 0.6) is 0 Å². The summed E-state index contributed by atoms with van der Waals surface area (Å²) in [5.41, 5.74) is 5.68. The van der Waals surface area contributed by atoms with E-state index in [0.717, 1.165) is 0 Å². The summed E-state index contributed by atoms with van der Waals surface area (Å²) in [7, 11) is 0. The smallest absolute Gasteiger partial charge is 0.307 e. The van der Waals surface area contributed by atoms with Gasteiger partial charge in [-0.3, -0.25) is 19.1 Å². The summed E-state index contributed by atoms with van der Waals surface area (Å²) >= 11 is 0. The van der Waals surface area contributed by atoms with E-state index < -0.39 is 29.6 Å². The van der Waals surface area contributed by atoms with Crippen LogP contribution in [0.1, 0.15) is 23.8 Å². The van der Waals surface area contributed by atoms with Crippen molar-refractivity contribution >= 4 is 23.5 Å². The molecule has 2 bridgehead atoms. The van der Waals surface area contributed by atoms with E-state index in [0.29, 0.717) is 13.0 Å². The van der Waals surface area contributed by atoms with Crippen molar-refractivity contribution < 1.29 is 19.5 Å². The molecule has 2 amide bonds. The third-order valence-electron chi connectivity index (χ3n) is 4.68. The highest BCUT2D eigenvalue weighted by Gasteiger charge is 2.51. The van der Waals surface area contributed by atoms with Crippen molar-refractivity contribution in [1.82, 2.24) is 9.78 Å². The zero-order valence-corrected chi connectivity index (χ0v) is 12.6. The molecule has 0 aromatic carbocycles. The fourth-order valence-corrected chi connectivity index (χ4v) is 3.71. The van der Waals surface area contributed by atoms with Gasteiger partial charge in [0.25, 0.3) is 5.91 Å². The number of anilines is 1. The molecule has 2 aliphatic carbocycles. The van der Waals surface area contributed by atoms with Crippen LogP contribution in [-0.4, -0.2) is 32.7 Å². The molecule has 1 fully saturated rings. The van der Waals surface area contributed by atoms with Crippen molar-refractivity contribution in [3.63, 3.8) is 0 Å². The maximum Gasteiger partial charge on any atom is 0.307 e. The van der Waals surface area contributed by atoms with E-state index in [-0.39, 0.29) is 23.2 Å². The normalized spacial score (nSPS) is 28.0. The molecule has 0 radical (unpaired) electrons. The van der Waals surface area contributed by atoms with Crippen LogP contribution in [-0.2, 0) is 16.1 Å². The van der Waals surface area contributed by atoms with Gasteiger partial charge < -0.3 is 16.2 Å². The van der Waals surface area contributed by atoms with Gasteiger partial charge in [-0.05, 0) is 25.2 Å². The minimum absolute atomic E-state index is 0.0839. The molecule has 23 heavy (non-hydrogen) atoms. The van der Waals surface area contributed by atoms with Crippen LogP contribution < -0.4 is 11.1 Å². The summed E-state index contributed by atoms with van der Waals surface area (Å²) in [6, 6.07) is 0. The lowest BCUT2D eigenvalue weighted by Gasteiger charge is -2.23. The van der Waals surface area contributed by atoms with Gasteiger partial charge >= 0.3 is 5.97 Å². The molecule has 0 aliphatic heterocycles. The number of aliphatic carboxylic acids is 1. The van der Waals surface area contributed by atoms with Crippen LogP contribution >= 0.6 is 0 Å². The first-order chi connectivity index (χ1) is 10.9. The second kappa shape index (κ2) is 5.53. The number of nitrogens with one attached hydrogen (secondary N) is 1. The Labute approximate surface area is 132 Å². The second-order valence-electron chi connectivity index (χ2n) is 5.91. The predicted octanol–water partition coefficient (Wildman–Crippen LogP) is 0.463. The number of amides is 2. The molecule has 122 valence electrons. The Morgan fingerprint density at radius 2 is 2.00 bits per heavy atom. The number of hydrogen-bond acceptors (Lipinski definition) is 4. The number of aromatic nitrogens is 2. The number of rotatable bonds is 5. The molecule has 4 N–H and O–H groups in total. The Bertz CT molecular complexity index is 708. The maximum absolute atomic E-state index is 12.6. The number of nitrogens with zero attached hydrogens (tertiary/aromatic N) is 2. The van der Waals surface area contributed by atoms with Crippen LogP contribution in [0.4, 0.5) is 5.69 Å². The first-order valence-electron chi connectivity index (χ1n) is 7.51. The van der Waals surface area contributed by atoms with Crippen LogP contribution in [0.3, 0.4) is 0 Å². The van der Waals surface area contributed by atoms with E-state index in [4.69, 9.17) is 5.73 Å². The van der Waals surface area contributed by atoms with Gasteiger partial charge in [-0.15, -0.1) is 0 Å². The lowest BCUT2D eigenvalue weighted by molar-refractivity contribution is -0.146. The third kappa shape index (κ3) is 2.39. The predicted molar refractivity (Wildman–Crippen MR) is 80.4 cm³/mol. The minimum atomic E-state index is -0.971. The van der Waals surface area contributed by atoms with Gasteiger partial charge in [0, 0.05) is 6.54 Å². The van der Waals surface area contributed by atoms with Gasteiger partial charge in [0.2, 0.25) is 5.91 Å². The molecule has 8 nitrogen and oxygen atoms in total. The van der Waals surface area contributed by atoms with Crippen LogP contribution in [0.15, 0.2) is 18.3 Å². The summed E-state index contributed by atoms with van der Waals surface area (Å²) in [6.07, 6.45) is 5.81. The zero-order chi connectivity index (χ0) is 16.7. The average Bonchev–Trinajstić information content (AvgIpc) is 3.19. The summed E-state index contributed by atoms with van der Waals surface area (Å²) in [5.74, 6) is -3.64. The number of allylic oxidation sites excluding steroid dienone is 2. The van der Waals surface area contributed by atoms with E-state index in [1.807, 2.05) is 12.2 Å². The van der Waals surface area contributed by atoms with Crippen molar-refractivity contribution in [2.75, 3.05) is 5.32 Å². The Hall–Kier alpha value is -2.64. The van der Waals surface area contributed by atoms with E-state index in [1.54, 1.807) is 6.92 Å². The van der Waals surface area contributed by atoms with Crippen LogP contribution in [0.2, 0.25) is 0 Å². The average molecular weight is 318 g/mol. The monoisotopic (exact) mass is 318 g/mol. The summed E-state index contributed by atoms with van der Waals surface area (Å²) in [6.45, 7) is 2.23. The quantitative estimate of drug-likeness (QED) is 0.680. The Morgan fingerprint density at radius 1 is 1.35 bits per heavy atom. The molecule has 3 rings (SSSR count). The minimum Gasteiger partial charge on any atom is -0.481 e. The number of hydrogen-bond donors (Lipinski definition) is 3. The Morgan fingerprint density at radius 3 is 2.57 bits per heavy atom. The standard InChI is InChI=1S/C15H18N4O4/c1-2-19-12(13(16)20)9(6-17-19)18-14(21)10-7-3-4-8(5-7)11(10)15(22)23/h3-4,6-8,10-11H,2,5H2,1H3,(H2,16,20)(H,18,21)(H,22,23). The van der Waals surface area contributed by atoms with Crippen molar-refractivity contribution in [1.29, 1.82) is 0 Å². The van der Waals surface area contributed by atoms with Gasteiger partial charge in [0.05, 0.1) is 23.7 Å². The third-order valence-corrected chi connectivity index (χ3v) is 4.68. The van der Waals surface area contributed by atoms with Crippen molar-refractivity contribution in [3.05, 3.63) is 24.0 Å². The number of carbonyl (C=O) groups excluding carboxylic acids is 2. The lowest BCUT2D eigenvalue weighted by Crippen LogP contribution is -2.36. The Kier molecular flexibility index (Phi) is 3.67. The first kappa shape index (κ1) is 15.3. The molecular weight excluding hydrogens is 300 g/mol. The summed E-state index contributed by atoms with van der Waals surface area (Å²) in [4.78, 5) is 35.6. The molecule has 4 unspecified atom stereocenters. The molecule has 1 aromatic heterocycles. The second-order valence-corrected chi connectivity index (χ2v) is 5.91. The van der Waals surface area contributed by atoms with Gasteiger partial charge in [0.1, 0.15) is 5.69 Å². The van der Waals surface area contributed by atoms with Crippen LogP contribution in [0, 0.1) is 23.7 Å². The summed E-state index contributed by atoms with van der Waals surface area (Å²) in [5, 5.41) is 16.0. The van der Waals surface area contributed by atoms with Crippen molar-refractivity contribution in [3.8, 4) is 0 Å².